The summed E-state index contributed by atoms with van der Waals surface area (Å²) in [6.07, 6.45) is -2.38. The lowest BCUT2D eigenvalue weighted by molar-refractivity contribution is -0.151. The Morgan fingerprint density at radius 2 is 2.33 bits per heavy atom. The number of nitrogens with zero attached hydrogens (tertiary/aromatic N) is 3. The summed E-state index contributed by atoms with van der Waals surface area (Å²) in [7, 11) is 1.14. The van der Waals surface area contributed by atoms with Crippen LogP contribution >= 0.6 is 11.6 Å². The molecular weight excluding hydrogens is 294 g/mol. The number of carbonyl (C=O) groups is 1. The van der Waals surface area contributed by atoms with Crippen LogP contribution in [0.2, 0.25) is 5.02 Å². The van der Waals surface area contributed by atoms with E-state index in [9.17, 15) is 4.79 Å². The minimum Gasteiger partial charge on any atom is -0.467 e. The molecule has 0 saturated heterocycles. The SMILES string of the molecule is [2H]OC([2H])(C(=O)OC)c1c2cc(Cl)ccc2nn1N(CC)CC. The van der Waals surface area contributed by atoms with Crippen molar-refractivity contribution in [1.82, 2.24) is 9.89 Å². The molecule has 1 N–H and O–H groups in total. The van der Waals surface area contributed by atoms with Crippen molar-refractivity contribution in [2.75, 3.05) is 25.2 Å². The Kier molecular flexibility index (Phi) is 3.89. The molecule has 114 valence electrons. The minimum atomic E-state index is -2.38. The lowest BCUT2D eigenvalue weighted by Crippen LogP contribution is -2.37. The summed E-state index contributed by atoms with van der Waals surface area (Å²) in [6, 6.07) is 4.94. The number of halogens is 1. The zero-order valence-electron chi connectivity index (χ0n) is 14.1. The molecule has 1 unspecified atom stereocenters. The summed E-state index contributed by atoms with van der Waals surface area (Å²) < 4.78 is 20.3. The maximum absolute atomic E-state index is 12.1. The van der Waals surface area contributed by atoms with Gasteiger partial charge in [0.25, 0.3) is 0 Å². The Hall–Kier alpha value is -1.79. The smallest absolute Gasteiger partial charge is 0.341 e. The van der Waals surface area contributed by atoms with Crippen LogP contribution in [0.25, 0.3) is 10.9 Å². The van der Waals surface area contributed by atoms with E-state index < -0.39 is 12.0 Å². The van der Waals surface area contributed by atoms with E-state index in [1.165, 1.54) is 4.79 Å². The quantitative estimate of drug-likeness (QED) is 0.825. The van der Waals surface area contributed by atoms with Gasteiger partial charge in [-0.3, -0.25) is 5.01 Å². The molecule has 0 aliphatic rings. The Balaban J connectivity index is 2.83. The van der Waals surface area contributed by atoms with E-state index in [1.54, 1.807) is 23.2 Å². The standard InChI is InChI=1S/C14H18ClN3O3/c1-4-17(5-2)18-12(13(19)14(20)21-3)10-8-9(15)6-7-11(10)16-18/h6-8,13,19H,4-5H2,1-3H3/i13D,19D. The molecule has 0 bridgehead atoms. The van der Waals surface area contributed by atoms with Crippen LogP contribution < -0.4 is 5.01 Å². The number of methoxy groups -OCH3 is 1. The summed E-state index contributed by atoms with van der Waals surface area (Å²) in [5.74, 6) is -1.01. The number of aromatic nitrogens is 2. The van der Waals surface area contributed by atoms with E-state index in [2.05, 4.69) is 14.9 Å². The van der Waals surface area contributed by atoms with Gasteiger partial charge in [-0.15, -0.1) is 0 Å². The van der Waals surface area contributed by atoms with Crippen molar-refractivity contribution in [1.29, 1.82) is 1.43 Å². The van der Waals surface area contributed by atoms with Gasteiger partial charge in [-0.25, -0.2) is 4.79 Å². The van der Waals surface area contributed by atoms with Gasteiger partial charge < -0.3 is 9.85 Å². The van der Waals surface area contributed by atoms with Crippen LogP contribution in [0.1, 0.15) is 27.0 Å². The lowest BCUT2D eigenvalue weighted by Gasteiger charge is -2.24. The number of fused-ring (bicyclic) bond motifs is 1. The minimum absolute atomic E-state index is 0.0838. The highest BCUT2D eigenvalue weighted by atomic mass is 35.5. The molecule has 1 aromatic heterocycles. The number of ether oxygens (including phenoxy) is 1. The fraction of sp³-hybridized carbons (Fsp3) is 0.429. The van der Waals surface area contributed by atoms with Crippen LogP contribution in [0.3, 0.4) is 0 Å². The van der Waals surface area contributed by atoms with E-state index >= 15 is 0 Å². The second-order valence-electron chi connectivity index (χ2n) is 4.36. The molecular formula is C14H18ClN3O3. The molecule has 0 aliphatic heterocycles. The average Bonchev–Trinajstić information content (AvgIpc) is 2.93. The van der Waals surface area contributed by atoms with E-state index in [-0.39, 0.29) is 5.69 Å². The highest BCUT2D eigenvalue weighted by molar-refractivity contribution is 6.31. The third-order valence-corrected chi connectivity index (χ3v) is 3.44. The number of hydrogen-bond acceptors (Lipinski definition) is 5. The highest BCUT2D eigenvalue weighted by Gasteiger charge is 2.27. The molecule has 2 rings (SSSR count). The molecule has 1 atom stereocenters. The van der Waals surface area contributed by atoms with E-state index in [4.69, 9.17) is 14.4 Å². The Labute approximate surface area is 130 Å². The van der Waals surface area contributed by atoms with Crippen molar-refractivity contribution in [2.24, 2.45) is 0 Å². The Morgan fingerprint density at radius 1 is 1.62 bits per heavy atom. The second kappa shape index (κ2) is 6.32. The van der Waals surface area contributed by atoms with Crippen LogP contribution in [-0.2, 0) is 9.53 Å². The first-order valence-corrected chi connectivity index (χ1v) is 6.97. The first-order chi connectivity index (χ1) is 10.9. The second-order valence-corrected chi connectivity index (χ2v) is 4.80. The van der Waals surface area contributed by atoms with Gasteiger partial charge in [0.05, 0.1) is 14.0 Å². The highest BCUT2D eigenvalue weighted by Crippen LogP contribution is 2.28. The first kappa shape index (κ1) is 12.9. The number of hydrogen-bond donors (Lipinski definition) is 1. The van der Waals surface area contributed by atoms with Gasteiger partial charge in [-0.1, -0.05) is 11.6 Å². The van der Waals surface area contributed by atoms with E-state index in [1.807, 2.05) is 13.8 Å². The molecule has 0 fully saturated rings. The number of esters is 1. The molecule has 1 aromatic carbocycles. The molecule has 0 spiro atoms. The van der Waals surface area contributed by atoms with Gasteiger partial charge in [-0.05, 0) is 32.0 Å². The summed E-state index contributed by atoms with van der Waals surface area (Å²) in [5, 5.41) is 11.6. The van der Waals surface area contributed by atoms with Crippen molar-refractivity contribution >= 4 is 28.5 Å². The van der Waals surface area contributed by atoms with Gasteiger partial charge in [0.2, 0.25) is 1.43 Å². The van der Waals surface area contributed by atoms with Gasteiger partial charge in [0.1, 0.15) is 5.69 Å². The molecule has 1 heterocycles. The third kappa shape index (κ3) is 2.82. The maximum Gasteiger partial charge on any atom is 0.341 e. The van der Waals surface area contributed by atoms with Crippen molar-refractivity contribution in [2.45, 2.75) is 19.9 Å². The number of rotatable bonds is 6. The number of benzene rings is 1. The number of carbonyl (C=O) groups excluding carboxylic acids is 1. The largest absolute Gasteiger partial charge is 0.467 e. The summed E-state index contributed by atoms with van der Waals surface area (Å²) in [5.41, 5.74) is 0.620. The van der Waals surface area contributed by atoms with Gasteiger partial charge in [0, 0.05) is 23.5 Å². The predicted molar refractivity (Wildman–Crippen MR) is 81.0 cm³/mol. The summed E-state index contributed by atoms with van der Waals surface area (Å²) in [4.78, 5) is 13.5. The number of aliphatic hydroxyl groups is 1. The van der Waals surface area contributed by atoms with Crippen molar-refractivity contribution in [3.05, 3.63) is 28.9 Å². The summed E-state index contributed by atoms with van der Waals surface area (Å²) in [6.45, 7) is 5.00. The molecule has 0 aliphatic carbocycles. The zero-order valence-corrected chi connectivity index (χ0v) is 12.8. The topological polar surface area (TPSA) is 67.6 Å². The zero-order chi connectivity index (χ0) is 17.2. The van der Waals surface area contributed by atoms with Crippen LogP contribution in [0.5, 0.6) is 0 Å². The Bertz CT molecular complexity index is 721. The molecule has 0 radical (unpaired) electrons. The van der Waals surface area contributed by atoms with Crippen LogP contribution in [-0.4, -0.2) is 42.6 Å². The normalized spacial score (nSPS) is 15.2. The first-order valence-electron chi connectivity index (χ1n) is 7.50. The van der Waals surface area contributed by atoms with Gasteiger partial charge in [0.15, 0.2) is 6.08 Å². The molecule has 0 amide bonds. The fourth-order valence-corrected chi connectivity index (χ4v) is 2.32. The monoisotopic (exact) mass is 313 g/mol. The van der Waals surface area contributed by atoms with Gasteiger partial charge in [-0.2, -0.15) is 9.89 Å². The van der Waals surface area contributed by atoms with Crippen LogP contribution in [0.4, 0.5) is 0 Å². The van der Waals surface area contributed by atoms with E-state index in [0.717, 1.165) is 7.11 Å². The van der Waals surface area contributed by atoms with Gasteiger partial charge >= 0.3 is 5.97 Å². The molecule has 6 nitrogen and oxygen atoms in total. The van der Waals surface area contributed by atoms with Crippen molar-refractivity contribution in [3.63, 3.8) is 0 Å². The molecule has 7 heteroatoms. The Morgan fingerprint density at radius 3 is 2.90 bits per heavy atom. The van der Waals surface area contributed by atoms with Crippen molar-refractivity contribution < 1.29 is 16.0 Å². The van der Waals surface area contributed by atoms with Crippen LogP contribution in [0, 0.1) is 0 Å². The van der Waals surface area contributed by atoms with Crippen molar-refractivity contribution in [3.8, 4) is 0 Å². The summed E-state index contributed by atoms with van der Waals surface area (Å²) >= 11 is 6.04. The molecule has 2 aromatic rings. The molecule has 21 heavy (non-hydrogen) atoms. The lowest BCUT2D eigenvalue weighted by atomic mass is 10.1. The average molecular weight is 314 g/mol. The fourth-order valence-electron chi connectivity index (χ4n) is 2.14. The predicted octanol–water partition coefficient (Wildman–Crippen LogP) is 1.87. The molecule has 0 saturated carbocycles. The van der Waals surface area contributed by atoms with Crippen LogP contribution in [0.15, 0.2) is 18.2 Å². The van der Waals surface area contributed by atoms with E-state index in [0.29, 0.717) is 29.0 Å². The third-order valence-electron chi connectivity index (χ3n) is 3.20. The maximum atomic E-state index is 12.1.